The zero-order valence-corrected chi connectivity index (χ0v) is 12.5. The predicted octanol–water partition coefficient (Wildman–Crippen LogP) is 2.02. The number of hydrogen-bond donors (Lipinski definition) is 2. The van der Waals surface area contributed by atoms with E-state index in [2.05, 4.69) is 17.1 Å². The molecule has 4 heteroatoms. The first kappa shape index (κ1) is 15.0. The minimum Gasteiger partial charge on any atom is -0.392 e. The van der Waals surface area contributed by atoms with Crippen molar-refractivity contribution in [1.29, 1.82) is 0 Å². The zero-order valence-electron chi connectivity index (χ0n) is 12.5. The van der Waals surface area contributed by atoms with Crippen LogP contribution in [0.2, 0.25) is 0 Å². The highest BCUT2D eigenvalue weighted by atomic mass is 16.3. The fourth-order valence-corrected chi connectivity index (χ4v) is 2.54. The Kier molecular flexibility index (Phi) is 4.78. The van der Waals surface area contributed by atoms with E-state index < -0.39 is 0 Å². The predicted molar refractivity (Wildman–Crippen MR) is 80.6 cm³/mol. The molecular weight excluding hydrogens is 252 g/mol. The third-order valence-corrected chi connectivity index (χ3v) is 4.28. The SMILES string of the molecule is Cc1ccccc1NC(=O)C(C)N1CCC(C)C(O)C1. The number of benzene rings is 1. The molecule has 1 saturated heterocycles. The third-order valence-electron chi connectivity index (χ3n) is 4.28. The Morgan fingerprint density at radius 1 is 1.45 bits per heavy atom. The number of β-amino-alcohol motifs (C(OH)–C–C–N with tert-alkyl or cyclic N) is 1. The molecule has 0 bridgehead atoms. The normalized spacial score (nSPS) is 25.2. The van der Waals surface area contributed by atoms with Crippen molar-refractivity contribution >= 4 is 11.6 Å². The number of carbonyl (C=O) groups excluding carboxylic acids is 1. The van der Waals surface area contributed by atoms with Crippen molar-refractivity contribution < 1.29 is 9.90 Å². The average molecular weight is 276 g/mol. The van der Waals surface area contributed by atoms with Crippen LogP contribution in [0.25, 0.3) is 0 Å². The quantitative estimate of drug-likeness (QED) is 0.888. The molecule has 0 radical (unpaired) electrons. The lowest BCUT2D eigenvalue weighted by Crippen LogP contribution is -2.50. The van der Waals surface area contributed by atoms with Crippen LogP contribution in [0.15, 0.2) is 24.3 Å². The first-order valence-electron chi connectivity index (χ1n) is 7.27. The van der Waals surface area contributed by atoms with E-state index in [1.807, 2.05) is 38.1 Å². The molecule has 2 rings (SSSR count). The van der Waals surface area contributed by atoms with E-state index in [1.165, 1.54) is 0 Å². The van der Waals surface area contributed by atoms with Gasteiger partial charge in [0, 0.05) is 12.2 Å². The first-order valence-corrected chi connectivity index (χ1v) is 7.27. The molecule has 0 spiro atoms. The molecule has 1 aliphatic rings. The zero-order chi connectivity index (χ0) is 14.7. The van der Waals surface area contributed by atoms with E-state index in [1.54, 1.807) is 0 Å². The van der Waals surface area contributed by atoms with Gasteiger partial charge in [-0.25, -0.2) is 0 Å². The highest BCUT2D eigenvalue weighted by Crippen LogP contribution is 2.20. The molecule has 0 saturated carbocycles. The number of aliphatic hydroxyl groups excluding tert-OH is 1. The Bertz CT molecular complexity index is 475. The molecule has 1 aliphatic heterocycles. The average Bonchev–Trinajstić information content (AvgIpc) is 2.43. The minimum atomic E-state index is -0.336. The van der Waals surface area contributed by atoms with Gasteiger partial charge in [0.1, 0.15) is 0 Å². The van der Waals surface area contributed by atoms with Gasteiger partial charge in [0.25, 0.3) is 0 Å². The molecule has 0 aromatic heterocycles. The maximum Gasteiger partial charge on any atom is 0.241 e. The minimum absolute atomic E-state index is 0.0129. The number of para-hydroxylation sites is 1. The smallest absolute Gasteiger partial charge is 0.241 e. The van der Waals surface area contributed by atoms with E-state index in [0.717, 1.165) is 24.2 Å². The van der Waals surface area contributed by atoms with Crippen LogP contribution in [0, 0.1) is 12.8 Å². The van der Waals surface area contributed by atoms with Crippen molar-refractivity contribution in [2.45, 2.75) is 39.3 Å². The Hall–Kier alpha value is -1.39. The highest BCUT2D eigenvalue weighted by molar-refractivity contribution is 5.95. The summed E-state index contributed by atoms with van der Waals surface area (Å²) >= 11 is 0. The van der Waals surface area contributed by atoms with Crippen LogP contribution in [0.5, 0.6) is 0 Å². The molecule has 1 fully saturated rings. The highest BCUT2D eigenvalue weighted by Gasteiger charge is 2.30. The van der Waals surface area contributed by atoms with Crippen LogP contribution in [-0.4, -0.2) is 41.1 Å². The number of rotatable bonds is 3. The molecule has 1 amide bonds. The summed E-state index contributed by atoms with van der Waals surface area (Å²) in [6, 6.07) is 7.53. The number of piperidine rings is 1. The number of anilines is 1. The molecule has 3 unspecified atom stereocenters. The fourth-order valence-electron chi connectivity index (χ4n) is 2.54. The number of amides is 1. The van der Waals surface area contributed by atoms with Gasteiger partial charge >= 0.3 is 0 Å². The van der Waals surface area contributed by atoms with Gasteiger partial charge in [0.15, 0.2) is 0 Å². The summed E-state index contributed by atoms with van der Waals surface area (Å²) < 4.78 is 0. The van der Waals surface area contributed by atoms with Gasteiger partial charge in [0.2, 0.25) is 5.91 Å². The van der Waals surface area contributed by atoms with Crippen LogP contribution < -0.4 is 5.32 Å². The summed E-state index contributed by atoms with van der Waals surface area (Å²) in [4.78, 5) is 14.4. The summed E-state index contributed by atoms with van der Waals surface area (Å²) in [5.41, 5.74) is 1.91. The van der Waals surface area contributed by atoms with Crippen LogP contribution in [-0.2, 0) is 4.79 Å². The van der Waals surface area contributed by atoms with Gasteiger partial charge in [-0.05, 0) is 44.4 Å². The molecule has 2 N–H and O–H groups in total. The van der Waals surface area contributed by atoms with Crippen molar-refractivity contribution in [2.24, 2.45) is 5.92 Å². The number of nitrogens with zero attached hydrogens (tertiary/aromatic N) is 1. The maximum absolute atomic E-state index is 12.3. The maximum atomic E-state index is 12.3. The second-order valence-electron chi connectivity index (χ2n) is 5.81. The Balaban J connectivity index is 1.97. The monoisotopic (exact) mass is 276 g/mol. The van der Waals surface area contributed by atoms with Crippen LogP contribution in [0.1, 0.15) is 25.8 Å². The number of nitrogens with one attached hydrogen (secondary N) is 1. The van der Waals surface area contributed by atoms with E-state index in [-0.39, 0.29) is 18.1 Å². The topological polar surface area (TPSA) is 52.6 Å². The lowest BCUT2D eigenvalue weighted by atomic mass is 9.95. The van der Waals surface area contributed by atoms with Crippen molar-refractivity contribution in [3.05, 3.63) is 29.8 Å². The van der Waals surface area contributed by atoms with E-state index in [9.17, 15) is 9.90 Å². The summed E-state index contributed by atoms with van der Waals surface area (Å²) in [5.74, 6) is 0.305. The number of aryl methyl sites for hydroxylation is 1. The lowest BCUT2D eigenvalue weighted by molar-refractivity contribution is -0.122. The van der Waals surface area contributed by atoms with E-state index >= 15 is 0 Å². The second kappa shape index (κ2) is 6.37. The molecule has 1 heterocycles. The van der Waals surface area contributed by atoms with Crippen LogP contribution in [0.3, 0.4) is 0 Å². The van der Waals surface area contributed by atoms with Crippen molar-refractivity contribution in [1.82, 2.24) is 4.90 Å². The molecular formula is C16H24N2O2. The lowest BCUT2D eigenvalue weighted by Gasteiger charge is -2.37. The van der Waals surface area contributed by atoms with Crippen molar-refractivity contribution in [3.8, 4) is 0 Å². The Morgan fingerprint density at radius 3 is 2.80 bits per heavy atom. The van der Waals surface area contributed by atoms with Crippen LogP contribution in [0.4, 0.5) is 5.69 Å². The van der Waals surface area contributed by atoms with Gasteiger partial charge in [-0.3, -0.25) is 9.69 Å². The Morgan fingerprint density at radius 2 is 2.15 bits per heavy atom. The summed E-state index contributed by atoms with van der Waals surface area (Å²) in [7, 11) is 0. The standard InChI is InChI=1S/C16H24N2O2/c1-11-6-4-5-7-14(11)17-16(20)13(3)18-9-8-12(2)15(19)10-18/h4-7,12-13,15,19H,8-10H2,1-3H3,(H,17,20). The fraction of sp³-hybridized carbons (Fsp3) is 0.562. The summed E-state index contributed by atoms with van der Waals surface area (Å²) in [6.07, 6.45) is 0.598. The number of likely N-dealkylation sites (tertiary alicyclic amines) is 1. The first-order chi connectivity index (χ1) is 9.49. The number of aliphatic hydroxyl groups is 1. The number of hydrogen-bond acceptors (Lipinski definition) is 3. The molecule has 4 nitrogen and oxygen atoms in total. The van der Waals surface area contributed by atoms with Gasteiger partial charge < -0.3 is 10.4 Å². The van der Waals surface area contributed by atoms with Gasteiger partial charge in [-0.15, -0.1) is 0 Å². The van der Waals surface area contributed by atoms with Gasteiger partial charge in [-0.1, -0.05) is 25.1 Å². The molecule has 1 aromatic carbocycles. The third kappa shape index (κ3) is 3.38. The van der Waals surface area contributed by atoms with Crippen LogP contribution >= 0.6 is 0 Å². The molecule has 1 aromatic rings. The van der Waals surface area contributed by atoms with E-state index in [0.29, 0.717) is 12.5 Å². The molecule has 3 atom stereocenters. The number of carbonyl (C=O) groups is 1. The largest absolute Gasteiger partial charge is 0.392 e. The molecule has 0 aliphatic carbocycles. The van der Waals surface area contributed by atoms with Crippen molar-refractivity contribution in [2.75, 3.05) is 18.4 Å². The molecule has 20 heavy (non-hydrogen) atoms. The summed E-state index contributed by atoms with van der Waals surface area (Å²) in [5, 5.41) is 12.9. The summed E-state index contributed by atoms with van der Waals surface area (Å²) in [6.45, 7) is 7.37. The van der Waals surface area contributed by atoms with Crippen molar-refractivity contribution in [3.63, 3.8) is 0 Å². The second-order valence-corrected chi connectivity index (χ2v) is 5.81. The molecule has 110 valence electrons. The Labute approximate surface area is 120 Å². The van der Waals surface area contributed by atoms with Gasteiger partial charge in [0.05, 0.1) is 12.1 Å². The van der Waals surface area contributed by atoms with Gasteiger partial charge in [-0.2, -0.15) is 0 Å². The van der Waals surface area contributed by atoms with E-state index in [4.69, 9.17) is 0 Å².